The normalized spacial score (nSPS) is 16.3. The minimum absolute atomic E-state index is 0.165. The van der Waals surface area contributed by atoms with Crippen LogP contribution in [0.5, 0.6) is 5.75 Å². The van der Waals surface area contributed by atoms with Gasteiger partial charge in [-0.3, -0.25) is 9.59 Å². The van der Waals surface area contributed by atoms with Gasteiger partial charge in [0.05, 0.1) is 12.6 Å². The average Bonchev–Trinajstić information content (AvgIpc) is 2.78. The predicted octanol–water partition coefficient (Wildman–Crippen LogP) is 4.05. The minimum Gasteiger partial charge on any atom is -0.481 e. The molecule has 1 heterocycles. The van der Waals surface area contributed by atoms with Gasteiger partial charge in [-0.05, 0) is 55.0 Å². The quantitative estimate of drug-likeness (QED) is 0.583. The average molecular weight is 453 g/mol. The van der Waals surface area contributed by atoms with Gasteiger partial charge >= 0.3 is 0 Å². The number of hydrogen-bond acceptors (Lipinski definition) is 4. The molecule has 2 aromatic carbocycles. The van der Waals surface area contributed by atoms with Gasteiger partial charge in [-0.15, -0.1) is 0 Å². The zero-order valence-corrected chi connectivity index (χ0v) is 20.4. The van der Waals surface area contributed by atoms with Gasteiger partial charge in [0.25, 0.3) is 5.91 Å². The Morgan fingerprint density at radius 1 is 1.12 bits per heavy atom. The Hall–Kier alpha value is -2.86. The van der Waals surface area contributed by atoms with Crippen LogP contribution in [0.25, 0.3) is 0 Å². The number of amides is 2. The molecule has 0 bridgehead atoms. The van der Waals surface area contributed by atoms with Crippen molar-refractivity contribution in [3.05, 3.63) is 64.7 Å². The van der Waals surface area contributed by atoms with Gasteiger partial charge in [0.1, 0.15) is 5.75 Å². The first kappa shape index (κ1) is 24.8. The molecule has 1 aliphatic rings. The van der Waals surface area contributed by atoms with E-state index >= 15 is 0 Å². The third-order valence-corrected chi connectivity index (χ3v) is 5.93. The Balaban J connectivity index is 1.90. The van der Waals surface area contributed by atoms with Gasteiger partial charge in [0.15, 0.2) is 6.10 Å². The fourth-order valence-corrected chi connectivity index (χ4v) is 4.19. The highest BCUT2D eigenvalue weighted by atomic mass is 16.5. The number of rotatable bonds is 9. The summed E-state index contributed by atoms with van der Waals surface area (Å²) in [6, 6.07) is 14.2. The first-order valence-electron chi connectivity index (χ1n) is 11.7. The third kappa shape index (κ3) is 6.35. The molecular formula is C27H36N2O4. The van der Waals surface area contributed by atoms with E-state index in [-0.39, 0.29) is 17.9 Å². The molecule has 0 saturated carbocycles. The highest BCUT2D eigenvalue weighted by Gasteiger charge is 2.32. The van der Waals surface area contributed by atoms with E-state index in [1.54, 1.807) is 14.0 Å². The number of aryl methyl sites for hydroxylation is 1. The lowest BCUT2D eigenvalue weighted by Crippen LogP contribution is -2.41. The van der Waals surface area contributed by atoms with E-state index in [1.165, 1.54) is 11.1 Å². The molecule has 0 aliphatic carbocycles. The standard InChI is InChI=1S/C27H36N2O4/c1-18(2)16-25(30)29-14-12-21-10-11-23(33-20(4)27(31)28-13-15-32-5)17-24(21)26(29)22-8-6-19(3)7-9-22/h6-11,17-18,20,26H,12-16H2,1-5H3,(H,28,31)/t20-,26-/m0/s1. The van der Waals surface area contributed by atoms with E-state index in [0.29, 0.717) is 37.8 Å². The van der Waals surface area contributed by atoms with Crippen LogP contribution in [-0.2, 0) is 20.7 Å². The lowest BCUT2D eigenvalue weighted by Gasteiger charge is -2.38. The minimum atomic E-state index is -0.639. The molecule has 0 unspecified atom stereocenters. The van der Waals surface area contributed by atoms with E-state index in [0.717, 1.165) is 17.5 Å². The van der Waals surface area contributed by atoms with E-state index in [9.17, 15) is 9.59 Å². The first-order chi connectivity index (χ1) is 15.8. The maximum absolute atomic E-state index is 13.2. The Labute approximate surface area is 197 Å². The van der Waals surface area contributed by atoms with Crippen LogP contribution >= 0.6 is 0 Å². The molecule has 33 heavy (non-hydrogen) atoms. The fraction of sp³-hybridized carbons (Fsp3) is 0.481. The van der Waals surface area contributed by atoms with Crippen molar-refractivity contribution in [2.45, 2.75) is 52.7 Å². The van der Waals surface area contributed by atoms with Gasteiger partial charge < -0.3 is 19.7 Å². The molecule has 2 amide bonds. The zero-order valence-electron chi connectivity index (χ0n) is 20.4. The second kappa shape index (κ2) is 11.3. The summed E-state index contributed by atoms with van der Waals surface area (Å²) in [4.78, 5) is 27.5. The second-order valence-corrected chi connectivity index (χ2v) is 9.15. The molecule has 2 aromatic rings. The maximum Gasteiger partial charge on any atom is 0.260 e. The molecule has 2 atom stereocenters. The monoisotopic (exact) mass is 452 g/mol. The SMILES string of the molecule is COCCNC(=O)[C@H](C)Oc1ccc2c(c1)[C@H](c1ccc(C)cc1)N(C(=O)CC(C)C)CC2. The van der Waals surface area contributed by atoms with Crippen LogP contribution in [-0.4, -0.2) is 49.6 Å². The van der Waals surface area contributed by atoms with Crippen LogP contribution in [0.15, 0.2) is 42.5 Å². The van der Waals surface area contributed by atoms with Crippen molar-refractivity contribution in [2.75, 3.05) is 26.8 Å². The Bertz CT molecular complexity index is 955. The molecule has 0 spiro atoms. The molecule has 3 rings (SSSR count). The number of ether oxygens (including phenoxy) is 2. The Morgan fingerprint density at radius 2 is 1.85 bits per heavy atom. The van der Waals surface area contributed by atoms with Gasteiger partial charge in [-0.25, -0.2) is 0 Å². The first-order valence-corrected chi connectivity index (χ1v) is 11.7. The lowest BCUT2D eigenvalue weighted by molar-refractivity contribution is -0.134. The number of nitrogens with zero attached hydrogens (tertiary/aromatic N) is 1. The van der Waals surface area contributed by atoms with Crippen LogP contribution in [0.3, 0.4) is 0 Å². The largest absolute Gasteiger partial charge is 0.481 e. The molecule has 6 heteroatoms. The van der Waals surface area contributed by atoms with Crippen LogP contribution in [0.2, 0.25) is 0 Å². The summed E-state index contributed by atoms with van der Waals surface area (Å²) in [5.41, 5.74) is 4.53. The topological polar surface area (TPSA) is 67.9 Å². The summed E-state index contributed by atoms with van der Waals surface area (Å²) >= 11 is 0. The van der Waals surface area contributed by atoms with E-state index in [1.807, 2.05) is 17.0 Å². The molecule has 0 saturated heterocycles. The fourth-order valence-electron chi connectivity index (χ4n) is 4.19. The van der Waals surface area contributed by atoms with E-state index in [4.69, 9.17) is 9.47 Å². The molecule has 0 fully saturated rings. The Kier molecular flexibility index (Phi) is 8.50. The Morgan fingerprint density at radius 3 is 2.52 bits per heavy atom. The van der Waals surface area contributed by atoms with Crippen molar-refractivity contribution < 1.29 is 19.1 Å². The summed E-state index contributed by atoms with van der Waals surface area (Å²) in [5, 5.41) is 2.80. The summed E-state index contributed by atoms with van der Waals surface area (Å²) < 4.78 is 11.0. The van der Waals surface area contributed by atoms with Crippen molar-refractivity contribution in [3.63, 3.8) is 0 Å². The van der Waals surface area contributed by atoms with Crippen molar-refractivity contribution in [1.82, 2.24) is 10.2 Å². The van der Waals surface area contributed by atoms with Crippen molar-refractivity contribution >= 4 is 11.8 Å². The number of methoxy groups -OCH3 is 1. The molecule has 1 N–H and O–H groups in total. The molecular weight excluding hydrogens is 416 g/mol. The smallest absolute Gasteiger partial charge is 0.260 e. The molecule has 178 valence electrons. The number of carbonyl (C=O) groups excluding carboxylic acids is 2. The van der Waals surface area contributed by atoms with E-state index < -0.39 is 6.10 Å². The third-order valence-electron chi connectivity index (χ3n) is 5.93. The van der Waals surface area contributed by atoms with Gasteiger partial charge in [-0.2, -0.15) is 0 Å². The number of benzene rings is 2. The summed E-state index contributed by atoms with van der Waals surface area (Å²) in [6.45, 7) is 9.52. The number of nitrogens with one attached hydrogen (secondary N) is 1. The van der Waals surface area contributed by atoms with Crippen LogP contribution < -0.4 is 10.1 Å². The van der Waals surface area contributed by atoms with Gasteiger partial charge in [0.2, 0.25) is 5.91 Å². The van der Waals surface area contributed by atoms with E-state index in [2.05, 4.69) is 56.4 Å². The zero-order chi connectivity index (χ0) is 24.0. The van der Waals surface area contributed by atoms with Gasteiger partial charge in [0, 0.05) is 26.6 Å². The highest BCUT2D eigenvalue weighted by molar-refractivity contribution is 5.80. The van der Waals surface area contributed by atoms with Crippen molar-refractivity contribution in [2.24, 2.45) is 5.92 Å². The second-order valence-electron chi connectivity index (χ2n) is 9.15. The molecule has 0 aromatic heterocycles. The number of hydrogen-bond donors (Lipinski definition) is 1. The molecule has 6 nitrogen and oxygen atoms in total. The molecule has 0 radical (unpaired) electrons. The van der Waals surface area contributed by atoms with Crippen LogP contribution in [0.4, 0.5) is 0 Å². The predicted molar refractivity (Wildman–Crippen MR) is 129 cm³/mol. The summed E-state index contributed by atoms with van der Waals surface area (Å²) in [7, 11) is 1.60. The number of carbonyl (C=O) groups is 2. The highest BCUT2D eigenvalue weighted by Crippen LogP contribution is 2.38. The van der Waals surface area contributed by atoms with Crippen molar-refractivity contribution in [1.29, 1.82) is 0 Å². The van der Waals surface area contributed by atoms with Gasteiger partial charge in [-0.1, -0.05) is 49.7 Å². The summed E-state index contributed by atoms with van der Waals surface area (Å²) in [5.74, 6) is 0.898. The van der Waals surface area contributed by atoms with Crippen LogP contribution in [0, 0.1) is 12.8 Å². The van der Waals surface area contributed by atoms with Crippen molar-refractivity contribution in [3.8, 4) is 5.75 Å². The lowest BCUT2D eigenvalue weighted by atomic mass is 9.87. The number of fused-ring (bicyclic) bond motifs is 1. The summed E-state index contributed by atoms with van der Waals surface area (Å²) in [6.07, 6.45) is 0.682. The maximum atomic E-state index is 13.2. The van der Waals surface area contributed by atoms with Crippen LogP contribution in [0.1, 0.15) is 55.5 Å². The molecule has 1 aliphatic heterocycles.